The minimum absolute atomic E-state index is 0.0343. The van der Waals surface area contributed by atoms with Crippen molar-refractivity contribution < 1.29 is 14.4 Å². The molecule has 3 amide bonds. The van der Waals surface area contributed by atoms with Crippen LogP contribution in [-0.2, 0) is 4.79 Å². The van der Waals surface area contributed by atoms with E-state index in [0.717, 1.165) is 31.2 Å². The minimum atomic E-state index is -0.444. The van der Waals surface area contributed by atoms with Crippen LogP contribution in [0.25, 0.3) is 0 Å². The summed E-state index contributed by atoms with van der Waals surface area (Å²) in [7, 11) is 0. The Hall–Kier alpha value is -2.66. The van der Waals surface area contributed by atoms with E-state index in [1.54, 1.807) is 41.3 Å². The number of hydrogen-bond acceptors (Lipinski definition) is 3. The summed E-state index contributed by atoms with van der Waals surface area (Å²) in [6.45, 7) is 1.93. The summed E-state index contributed by atoms with van der Waals surface area (Å²) < 4.78 is 0. The van der Waals surface area contributed by atoms with Gasteiger partial charge < -0.3 is 4.90 Å². The lowest BCUT2D eigenvalue weighted by Gasteiger charge is -2.46. The van der Waals surface area contributed by atoms with Crippen molar-refractivity contribution >= 4 is 35.0 Å². The summed E-state index contributed by atoms with van der Waals surface area (Å²) in [5, 5.41) is 0.455. The van der Waals surface area contributed by atoms with E-state index in [-0.39, 0.29) is 30.2 Å². The number of imide groups is 1. The van der Waals surface area contributed by atoms with Crippen molar-refractivity contribution in [3.05, 3.63) is 64.7 Å². The highest BCUT2D eigenvalue weighted by Gasteiger charge is 2.48. The fourth-order valence-corrected chi connectivity index (χ4v) is 4.51. The van der Waals surface area contributed by atoms with Crippen molar-refractivity contribution in [2.75, 3.05) is 11.4 Å². The first kappa shape index (κ1) is 19.6. The van der Waals surface area contributed by atoms with Gasteiger partial charge in [0.25, 0.3) is 0 Å². The zero-order valence-electron chi connectivity index (χ0n) is 16.3. The number of aryl methyl sites for hydroxylation is 1. The molecule has 150 valence electrons. The number of carbonyl (C=O) groups excluding carboxylic acids is 3. The number of nitrogens with zero attached hydrogens (tertiary/aromatic N) is 2. The third-order valence-electron chi connectivity index (χ3n) is 5.86. The zero-order chi connectivity index (χ0) is 20.5. The average Bonchev–Trinajstić information content (AvgIpc) is 2.72. The van der Waals surface area contributed by atoms with E-state index >= 15 is 0 Å². The third kappa shape index (κ3) is 3.79. The summed E-state index contributed by atoms with van der Waals surface area (Å²) in [5.74, 6) is -0.602. The summed E-state index contributed by atoms with van der Waals surface area (Å²) in [4.78, 5) is 42.2. The highest BCUT2D eigenvalue weighted by atomic mass is 35.5. The van der Waals surface area contributed by atoms with Crippen LogP contribution in [0.2, 0.25) is 5.02 Å². The van der Waals surface area contributed by atoms with Gasteiger partial charge in [0, 0.05) is 16.6 Å². The van der Waals surface area contributed by atoms with Crippen molar-refractivity contribution in [3.63, 3.8) is 0 Å². The summed E-state index contributed by atoms with van der Waals surface area (Å²) in [6, 6.07) is 13.4. The molecule has 1 aliphatic heterocycles. The summed E-state index contributed by atoms with van der Waals surface area (Å²) >= 11 is 6.09. The van der Waals surface area contributed by atoms with Crippen molar-refractivity contribution in [2.24, 2.45) is 5.92 Å². The fraction of sp³-hybridized carbons (Fsp3) is 0.348. The SMILES string of the molecule is Cc1ccc(C(=O)CN2C(=O)N(c3cccc(Cl)c3)C(=O)C3CCCCC32)cc1. The van der Waals surface area contributed by atoms with Gasteiger partial charge in [0.15, 0.2) is 5.78 Å². The van der Waals surface area contributed by atoms with E-state index in [2.05, 4.69) is 0 Å². The maximum Gasteiger partial charge on any atom is 0.332 e. The van der Waals surface area contributed by atoms with Gasteiger partial charge >= 0.3 is 6.03 Å². The lowest BCUT2D eigenvalue weighted by molar-refractivity contribution is -0.126. The Balaban J connectivity index is 1.66. The molecule has 1 saturated heterocycles. The first-order valence-electron chi connectivity index (χ1n) is 9.96. The number of ketones is 1. The van der Waals surface area contributed by atoms with Gasteiger partial charge in [-0.25, -0.2) is 9.69 Å². The third-order valence-corrected chi connectivity index (χ3v) is 6.09. The van der Waals surface area contributed by atoms with Crippen LogP contribution in [0.3, 0.4) is 0 Å². The van der Waals surface area contributed by atoms with Crippen LogP contribution in [0.5, 0.6) is 0 Å². The Morgan fingerprint density at radius 2 is 1.79 bits per heavy atom. The molecule has 2 aromatic rings. The van der Waals surface area contributed by atoms with Gasteiger partial charge in [-0.05, 0) is 38.0 Å². The second-order valence-electron chi connectivity index (χ2n) is 7.81. The number of anilines is 1. The molecule has 29 heavy (non-hydrogen) atoms. The molecule has 0 radical (unpaired) electrons. The second kappa shape index (κ2) is 7.99. The normalized spacial score (nSPS) is 21.9. The first-order valence-corrected chi connectivity index (χ1v) is 10.3. The molecule has 2 atom stereocenters. The number of hydrogen-bond donors (Lipinski definition) is 0. The highest BCUT2D eigenvalue weighted by molar-refractivity contribution is 6.31. The fourth-order valence-electron chi connectivity index (χ4n) is 4.33. The number of halogens is 1. The summed E-state index contributed by atoms with van der Waals surface area (Å²) in [6.07, 6.45) is 3.37. The molecule has 0 aromatic heterocycles. The van der Waals surface area contributed by atoms with Gasteiger partial charge in [0.1, 0.15) is 0 Å². The molecule has 0 N–H and O–H groups in total. The van der Waals surface area contributed by atoms with Crippen molar-refractivity contribution in [2.45, 2.75) is 38.6 Å². The molecule has 2 aliphatic rings. The number of benzene rings is 2. The number of urea groups is 1. The van der Waals surface area contributed by atoms with Crippen LogP contribution in [0.15, 0.2) is 48.5 Å². The van der Waals surface area contributed by atoms with Crippen LogP contribution >= 0.6 is 11.6 Å². The molecular formula is C23H23ClN2O3. The molecule has 4 rings (SSSR count). The van der Waals surface area contributed by atoms with Crippen LogP contribution in [-0.4, -0.2) is 35.2 Å². The van der Waals surface area contributed by atoms with Gasteiger partial charge in [-0.3, -0.25) is 9.59 Å². The number of fused-ring (bicyclic) bond motifs is 1. The van der Waals surface area contributed by atoms with E-state index in [9.17, 15) is 14.4 Å². The van der Waals surface area contributed by atoms with Crippen LogP contribution < -0.4 is 4.90 Å². The quantitative estimate of drug-likeness (QED) is 0.676. The molecule has 5 nitrogen and oxygen atoms in total. The molecule has 2 unspecified atom stereocenters. The molecule has 2 aromatic carbocycles. The Labute approximate surface area is 175 Å². The van der Waals surface area contributed by atoms with E-state index in [0.29, 0.717) is 16.3 Å². The van der Waals surface area contributed by atoms with Crippen LogP contribution in [0.4, 0.5) is 10.5 Å². The predicted octanol–water partition coefficient (Wildman–Crippen LogP) is 4.86. The Morgan fingerprint density at radius 3 is 2.52 bits per heavy atom. The first-order chi connectivity index (χ1) is 14.0. The zero-order valence-corrected chi connectivity index (χ0v) is 17.1. The maximum absolute atomic E-state index is 13.4. The van der Waals surface area contributed by atoms with E-state index in [4.69, 9.17) is 11.6 Å². The lowest BCUT2D eigenvalue weighted by atomic mass is 9.81. The van der Waals surface area contributed by atoms with Crippen molar-refractivity contribution in [1.82, 2.24) is 4.90 Å². The second-order valence-corrected chi connectivity index (χ2v) is 8.25. The smallest absolute Gasteiger partial charge is 0.312 e. The highest BCUT2D eigenvalue weighted by Crippen LogP contribution is 2.37. The van der Waals surface area contributed by atoms with Crippen molar-refractivity contribution in [1.29, 1.82) is 0 Å². The molecule has 1 heterocycles. The van der Waals surface area contributed by atoms with Gasteiger partial charge in [-0.15, -0.1) is 0 Å². The van der Waals surface area contributed by atoms with Crippen LogP contribution in [0, 0.1) is 12.8 Å². The molecular weight excluding hydrogens is 388 g/mol. The molecule has 1 saturated carbocycles. The number of rotatable bonds is 4. The molecule has 0 bridgehead atoms. The van der Waals surface area contributed by atoms with E-state index in [1.807, 2.05) is 19.1 Å². The monoisotopic (exact) mass is 410 g/mol. The summed E-state index contributed by atoms with van der Waals surface area (Å²) in [5.41, 5.74) is 2.09. The Bertz CT molecular complexity index is 957. The number of carbonyl (C=O) groups is 3. The molecule has 1 aliphatic carbocycles. The van der Waals surface area contributed by atoms with Crippen molar-refractivity contribution in [3.8, 4) is 0 Å². The molecule has 6 heteroatoms. The van der Waals surface area contributed by atoms with E-state index < -0.39 is 6.03 Å². The topological polar surface area (TPSA) is 57.7 Å². The molecule has 0 spiro atoms. The predicted molar refractivity (Wildman–Crippen MR) is 112 cm³/mol. The van der Waals surface area contributed by atoms with Gasteiger partial charge in [0.05, 0.1) is 18.2 Å². The van der Waals surface area contributed by atoms with Gasteiger partial charge in [0.2, 0.25) is 5.91 Å². The Kier molecular flexibility index (Phi) is 5.41. The number of Topliss-reactive ketones (excluding diaryl/α,β-unsaturated/α-hetero) is 1. The maximum atomic E-state index is 13.4. The Morgan fingerprint density at radius 1 is 1.07 bits per heavy atom. The average molecular weight is 411 g/mol. The lowest BCUT2D eigenvalue weighted by Crippen LogP contribution is -2.63. The standard InChI is InChI=1S/C23H23ClN2O3/c1-15-9-11-16(12-10-15)21(27)14-25-20-8-3-2-7-19(20)22(28)26(23(25)29)18-6-4-5-17(24)13-18/h4-6,9-13,19-20H,2-3,7-8,14H2,1H3. The van der Waals surface area contributed by atoms with E-state index in [1.165, 1.54) is 4.90 Å². The van der Waals surface area contributed by atoms with Gasteiger partial charge in [-0.2, -0.15) is 0 Å². The minimum Gasteiger partial charge on any atom is -0.312 e. The largest absolute Gasteiger partial charge is 0.332 e. The number of amides is 3. The van der Waals surface area contributed by atoms with Gasteiger partial charge in [-0.1, -0.05) is 60.3 Å². The van der Waals surface area contributed by atoms with Crippen LogP contribution in [0.1, 0.15) is 41.6 Å². The molecule has 2 fully saturated rings.